The molecular formula is C20H26N2O4. The molecule has 0 saturated carbocycles. The summed E-state index contributed by atoms with van der Waals surface area (Å²) in [6.45, 7) is 1.63. The molecule has 1 atom stereocenters. The molecular weight excluding hydrogens is 332 g/mol. The van der Waals surface area contributed by atoms with E-state index in [0.29, 0.717) is 19.5 Å². The second kappa shape index (κ2) is 8.36. The second-order valence-corrected chi connectivity index (χ2v) is 6.76. The number of carbonyl (C=O) groups is 2. The van der Waals surface area contributed by atoms with Crippen molar-refractivity contribution in [2.75, 3.05) is 26.8 Å². The van der Waals surface area contributed by atoms with E-state index >= 15 is 0 Å². The van der Waals surface area contributed by atoms with Gasteiger partial charge in [0, 0.05) is 43.8 Å². The van der Waals surface area contributed by atoms with Gasteiger partial charge in [-0.05, 0) is 24.5 Å². The number of carbonyl (C=O) groups excluding carboxylic acids is 2. The number of esters is 1. The lowest BCUT2D eigenvalue weighted by Crippen LogP contribution is -2.39. The zero-order chi connectivity index (χ0) is 18.5. The van der Waals surface area contributed by atoms with Gasteiger partial charge >= 0.3 is 5.97 Å². The van der Waals surface area contributed by atoms with E-state index in [9.17, 15) is 9.59 Å². The first-order chi connectivity index (χ1) is 12.6. The fraction of sp³-hybridized carbons (Fsp3) is 0.500. The molecule has 1 aliphatic rings. The number of benzene rings is 1. The lowest BCUT2D eigenvalue weighted by molar-refractivity contribution is -0.142. The van der Waals surface area contributed by atoms with Gasteiger partial charge in [-0.3, -0.25) is 9.59 Å². The molecule has 1 fully saturated rings. The highest BCUT2D eigenvalue weighted by atomic mass is 16.5. The number of aryl methyl sites for hydroxylation is 1. The number of rotatable bonds is 7. The molecule has 2 aromatic rings. The van der Waals surface area contributed by atoms with Crippen molar-refractivity contribution in [3.8, 4) is 0 Å². The van der Waals surface area contributed by atoms with Gasteiger partial charge in [-0.15, -0.1) is 0 Å². The van der Waals surface area contributed by atoms with Crippen LogP contribution in [-0.4, -0.2) is 54.3 Å². The molecule has 3 rings (SSSR count). The van der Waals surface area contributed by atoms with Crippen LogP contribution < -0.4 is 0 Å². The van der Waals surface area contributed by atoms with Crippen LogP contribution in [0.3, 0.4) is 0 Å². The lowest BCUT2D eigenvalue weighted by atomic mass is 10.1. The third-order valence-corrected chi connectivity index (χ3v) is 4.94. The highest BCUT2D eigenvalue weighted by molar-refractivity contribution is 5.89. The Morgan fingerprint density at radius 2 is 2.15 bits per heavy atom. The van der Waals surface area contributed by atoms with Gasteiger partial charge in [0.1, 0.15) is 0 Å². The van der Waals surface area contributed by atoms with Crippen LogP contribution in [0.15, 0.2) is 30.5 Å². The maximum absolute atomic E-state index is 13.0. The minimum atomic E-state index is -0.305. The first kappa shape index (κ1) is 18.5. The fourth-order valence-corrected chi connectivity index (χ4v) is 3.52. The summed E-state index contributed by atoms with van der Waals surface area (Å²) >= 11 is 0. The highest BCUT2D eigenvalue weighted by Gasteiger charge is 2.24. The van der Waals surface area contributed by atoms with Crippen LogP contribution in [0.4, 0.5) is 0 Å². The van der Waals surface area contributed by atoms with Crippen LogP contribution in [0.1, 0.15) is 24.8 Å². The molecule has 0 N–H and O–H groups in total. The Hall–Kier alpha value is -2.34. The van der Waals surface area contributed by atoms with Crippen LogP contribution >= 0.6 is 0 Å². The summed E-state index contributed by atoms with van der Waals surface area (Å²) in [5.41, 5.74) is 2.11. The molecule has 0 spiro atoms. The van der Waals surface area contributed by atoms with Crippen molar-refractivity contribution in [3.63, 3.8) is 0 Å². The molecule has 0 bridgehead atoms. The molecule has 0 aliphatic carbocycles. The SMILES string of the molecule is COC(=O)CCN(CC1CCCO1)C(=O)Cc1cn(C)c2ccccc12. The fourth-order valence-electron chi connectivity index (χ4n) is 3.52. The van der Waals surface area contributed by atoms with E-state index < -0.39 is 0 Å². The number of hydrogen-bond acceptors (Lipinski definition) is 4. The summed E-state index contributed by atoms with van der Waals surface area (Å²) in [5.74, 6) is -0.291. The van der Waals surface area contributed by atoms with Gasteiger partial charge in [0.2, 0.25) is 5.91 Å². The van der Waals surface area contributed by atoms with E-state index in [1.807, 2.05) is 42.1 Å². The van der Waals surface area contributed by atoms with E-state index in [-0.39, 0.29) is 24.4 Å². The Morgan fingerprint density at radius 3 is 2.88 bits per heavy atom. The smallest absolute Gasteiger partial charge is 0.307 e. The molecule has 26 heavy (non-hydrogen) atoms. The molecule has 140 valence electrons. The van der Waals surface area contributed by atoms with E-state index in [1.54, 1.807) is 4.90 Å². The Kier molecular flexibility index (Phi) is 5.93. The summed E-state index contributed by atoms with van der Waals surface area (Å²) in [7, 11) is 3.35. The van der Waals surface area contributed by atoms with Crippen LogP contribution in [0.25, 0.3) is 10.9 Å². The zero-order valence-electron chi connectivity index (χ0n) is 15.4. The average Bonchev–Trinajstić information content (AvgIpc) is 3.27. The lowest BCUT2D eigenvalue weighted by Gasteiger charge is -2.25. The Labute approximate surface area is 153 Å². The highest BCUT2D eigenvalue weighted by Crippen LogP contribution is 2.22. The Morgan fingerprint density at radius 1 is 1.35 bits per heavy atom. The average molecular weight is 358 g/mol. The molecule has 6 nitrogen and oxygen atoms in total. The van der Waals surface area contributed by atoms with E-state index in [0.717, 1.165) is 35.9 Å². The van der Waals surface area contributed by atoms with Gasteiger partial charge in [0.25, 0.3) is 0 Å². The van der Waals surface area contributed by atoms with Gasteiger partial charge in [0.15, 0.2) is 0 Å². The number of para-hydroxylation sites is 1. The van der Waals surface area contributed by atoms with Crippen molar-refractivity contribution >= 4 is 22.8 Å². The Balaban J connectivity index is 1.73. The van der Waals surface area contributed by atoms with Crippen molar-refractivity contribution in [2.24, 2.45) is 7.05 Å². The first-order valence-electron chi connectivity index (χ1n) is 9.07. The van der Waals surface area contributed by atoms with Crippen LogP contribution in [0.5, 0.6) is 0 Å². The largest absolute Gasteiger partial charge is 0.469 e. The van der Waals surface area contributed by atoms with E-state index in [4.69, 9.17) is 9.47 Å². The molecule has 0 radical (unpaired) electrons. The number of fused-ring (bicyclic) bond motifs is 1. The molecule has 6 heteroatoms. The van der Waals surface area contributed by atoms with Gasteiger partial charge in [-0.25, -0.2) is 0 Å². The third kappa shape index (κ3) is 4.25. The maximum atomic E-state index is 13.0. The first-order valence-corrected chi connectivity index (χ1v) is 9.07. The summed E-state index contributed by atoms with van der Waals surface area (Å²) in [4.78, 5) is 26.2. The van der Waals surface area contributed by atoms with Gasteiger partial charge < -0.3 is 18.9 Å². The second-order valence-electron chi connectivity index (χ2n) is 6.76. The van der Waals surface area contributed by atoms with Crippen molar-refractivity contribution < 1.29 is 19.1 Å². The van der Waals surface area contributed by atoms with Crippen molar-refractivity contribution in [1.82, 2.24) is 9.47 Å². The topological polar surface area (TPSA) is 60.8 Å². The predicted octanol–water partition coefficient (Wildman–Crippen LogP) is 2.29. The van der Waals surface area contributed by atoms with Crippen molar-refractivity contribution in [2.45, 2.75) is 31.8 Å². The number of hydrogen-bond donors (Lipinski definition) is 0. The van der Waals surface area contributed by atoms with Crippen LogP contribution in [-0.2, 0) is 32.5 Å². The molecule has 2 heterocycles. The van der Waals surface area contributed by atoms with E-state index in [2.05, 4.69) is 0 Å². The summed E-state index contributed by atoms with van der Waals surface area (Å²) in [6, 6.07) is 8.06. The summed E-state index contributed by atoms with van der Waals surface area (Å²) < 4.78 is 12.4. The summed E-state index contributed by atoms with van der Waals surface area (Å²) in [6.07, 6.45) is 4.56. The Bertz CT molecular complexity index is 777. The van der Waals surface area contributed by atoms with Gasteiger partial charge in [-0.2, -0.15) is 0 Å². The monoisotopic (exact) mass is 358 g/mol. The molecule has 1 amide bonds. The van der Waals surface area contributed by atoms with Gasteiger partial charge in [-0.1, -0.05) is 18.2 Å². The maximum Gasteiger partial charge on any atom is 0.307 e. The molecule has 1 aliphatic heterocycles. The minimum Gasteiger partial charge on any atom is -0.469 e. The quantitative estimate of drug-likeness (QED) is 0.713. The number of amides is 1. The standard InChI is InChI=1S/C20H26N2O4/c1-21-13-15(17-7-3-4-8-18(17)21)12-19(23)22(10-9-20(24)25-2)14-16-6-5-11-26-16/h3-4,7-8,13,16H,5-6,9-12,14H2,1-2H3. The minimum absolute atomic E-state index is 0.0146. The van der Waals surface area contributed by atoms with Crippen molar-refractivity contribution in [1.29, 1.82) is 0 Å². The molecule has 1 aromatic carbocycles. The molecule has 1 unspecified atom stereocenters. The van der Waals surface area contributed by atoms with Crippen LogP contribution in [0, 0.1) is 0 Å². The summed E-state index contributed by atoms with van der Waals surface area (Å²) in [5, 5.41) is 1.09. The zero-order valence-corrected chi connectivity index (χ0v) is 15.4. The predicted molar refractivity (Wildman–Crippen MR) is 98.8 cm³/mol. The third-order valence-electron chi connectivity index (χ3n) is 4.94. The number of nitrogens with zero attached hydrogens (tertiary/aromatic N) is 2. The molecule has 1 aromatic heterocycles. The van der Waals surface area contributed by atoms with E-state index in [1.165, 1.54) is 7.11 Å². The van der Waals surface area contributed by atoms with Crippen LogP contribution in [0.2, 0.25) is 0 Å². The normalized spacial score (nSPS) is 16.8. The number of ether oxygens (including phenoxy) is 2. The molecule has 1 saturated heterocycles. The van der Waals surface area contributed by atoms with Gasteiger partial charge in [0.05, 0.1) is 26.1 Å². The number of aromatic nitrogens is 1. The number of methoxy groups -OCH3 is 1. The van der Waals surface area contributed by atoms with Crippen molar-refractivity contribution in [3.05, 3.63) is 36.0 Å².